The zero-order valence-corrected chi connectivity index (χ0v) is 24.1. The van der Waals surface area contributed by atoms with Crippen LogP contribution in [0.1, 0.15) is 24.0 Å². The Morgan fingerprint density at radius 1 is 0.636 bits per heavy atom. The molecule has 0 saturated heterocycles. The number of hydrogen-bond donors (Lipinski definition) is 0. The predicted octanol–water partition coefficient (Wildman–Crippen LogP) is 9.47. The minimum absolute atomic E-state index is 0.514. The molecule has 0 N–H and O–H groups in total. The van der Waals surface area contributed by atoms with E-state index in [0.717, 1.165) is 19.4 Å². The van der Waals surface area contributed by atoms with Gasteiger partial charge in [0.1, 0.15) is 0 Å². The summed E-state index contributed by atoms with van der Waals surface area (Å²) in [4.78, 5) is 0. The molecule has 33 heavy (non-hydrogen) atoms. The first-order valence-electron chi connectivity index (χ1n) is 10.0. The fourth-order valence-corrected chi connectivity index (χ4v) is 12.5. The Balaban J connectivity index is 1.81. The molecule has 0 spiro atoms. The maximum absolute atomic E-state index is 6.83. The summed E-state index contributed by atoms with van der Waals surface area (Å²) in [7, 11) is 0. The van der Waals surface area contributed by atoms with Crippen molar-refractivity contribution >= 4 is 69.6 Å². The first kappa shape index (κ1) is 25.7. The molecule has 0 aromatic heterocycles. The Morgan fingerprint density at radius 3 is 1.39 bits per heavy atom. The van der Waals surface area contributed by atoms with E-state index in [2.05, 4.69) is 24.3 Å². The average molecular weight is 642 g/mol. The molecule has 0 saturated carbocycles. The van der Waals surface area contributed by atoms with E-state index in [0.29, 0.717) is 22.6 Å². The predicted molar refractivity (Wildman–Crippen MR) is 136 cm³/mol. The normalized spacial score (nSPS) is 16.1. The van der Waals surface area contributed by atoms with Gasteiger partial charge in [0.05, 0.1) is 0 Å². The molecule has 2 aromatic carbocycles. The van der Waals surface area contributed by atoms with Crippen LogP contribution in [0.25, 0.3) is 0 Å². The zero-order valence-electron chi connectivity index (χ0n) is 17.1. The molecule has 2 aromatic rings. The fourth-order valence-electron chi connectivity index (χ4n) is 3.68. The molecule has 0 unspecified atom stereocenters. The first-order valence-corrected chi connectivity index (χ1v) is 16.8. The Kier molecular flexibility index (Phi) is 8.03. The summed E-state index contributed by atoms with van der Waals surface area (Å²) in [6, 6.07) is 14.3. The van der Waals surface area contributed by atoms with Gasteiger partial charge in [-0.05, 0) is 0 Å². The van der Waals surface area contributed by atoms with E-state index in [1.54, 1.807) is 36.4 Å². The SMILES string of the molecule is ClC(Cl)(Cl)c1cccc([O][Zr]([O]c2cccc(C(Cl)(Cl)Cl)c2)([C]2=CC=CC2)[C]2=CC=CC2)c1. The number of halogens is 6. The standard InChI is InChI=1S/2C7H5Cl3O.2C5H5.Zr/c2*8-7(9,10)5-2-1-3-6(11)4-5;2*1-2-4-5-3-1;/h2*1-4,11H;2*1-3H,4H2;/q;;;;+2/p-2. The van der Waals surface area contributed by atoms with Crippen LogP contribution in [0.2, 0.25) is 0 Å². The van der Waals surface area contributed by atoms with Crippen LogP contribution >= 0.6 is 69.6 Å². The summed E-state index contributed by atoms with van der Waals surface area (Å²) in [6.07, 6.45) is 13.8. The molecule has 0 aliphatic heterocycles. The van der Waals surface area contributed by atoms with Gasteiger partial charge in [0.2, 0.25) is 0 Å². The van der Waals surface area contributed by atoms with Gasteiger partial charge in [-0.25, -0.2) is 0 Å². The van der Waals surface area contributed by atoms with Gasteiger partial charge in [-0.1, -0.05) is 0 Å². The van der Waals surface area contributed by atoms with E-state index in [1.807, 2.05) is 24.3 Å². The van der Waals surface area contributed by atoms with Crippen molar-refractivity contribution in [3.05, 3.63) is 103 Å². The second-order valence-electron chi connectivity index (χ2n) is 7.52. The van der Waals surface area contributed by atoms with Gasteiger partial charge in [-0.2, -0.15) is 0 Å². The van der Waals surface area contributed by atoms with Gasteiger partial charge in [0.15, 0.2) is 0 Å². The summed E-state index contributed by atoms with van der Waals surface area (Å²) in [5.41, 5.74) is 1.03. The second-order valence-corrected chi connectivity index (χ2v) is 19.3. The molecule has 2 aliphatic rings. The molecule has 9 heteroatoms. The van der Waals surface area contributed by atoms with Crippen molar-refractivity contribution in [1.82, 2.24) is 0 Å². The van der Waals surface area contributed by atoms with Gasteiger partial charge < -0.3 is 0 Å². The number of benzene rings is 2. The number of alkyl halides is 6. The number of rotatable bonds is 6. The third-order valence-electron chi connectivity index (χ3n) is 5.23. The molecule has 0 bridgehead atoms. The molecule has 0 amide bonds. The molecular weight excluding hydrogens is 624 g/mol. The monoisotopic (exact) mass is 638 g/mol. The van der Waals surface area contributed by atoms with Gasteiger partial charge in [0, 0.05) is 0 Å². The molecule has 0 fully saturated rings. The van der Waals surface area contributed by atoms with Gasteiger partial charge in [-0.15, -0.1) is 0 Å². The van der Waals surface area contributed by atoms with Crippen LogP contribution in [-0.4, -0.2) is 0 Å². The quantitative estimate of drug-likeness (QED) is 0.293. The van der Waals surface area contributed by atoms with Crippen molar-refractivity contribution in [2.75, 3.05) is 0 Å². The molecular formula is C24H18Cl6O2Zr. The fraction of sp³-hybridized carbons (Fsp3) is 0.167. The van der Waals surface area contributed by atoms with Crippen molar-refractivity contribution in [2.45, 2.75) is 20.4 Å². The van der Waals surface area contributed by atoms with Crippen molar-refractivity contribution in [1.29, 1.82) is 0 Å². The van der Waals surface area contributed by atoms with Crippen molar-refractivity contribution in [3.63, 3.8) is 0 Å². The Labute approximate surface area is 229 Å². The Hall–Kier alpha value is -0.377. The summed E-state index contributed by atoms with van der Waals surface area (Å²) < 4.78 is 12.8. The van der Waals surface area contributed by atoms with Crippen molar-refractivity contribution in [2.24, 2.45) is 0 Å². The van der Waals surface area contributed by atoms with Gasteiger partial charge in [0.25, 0.3) is 0 Å². The summed E-state index contributed by atoms with van der Waals surface area (Å²) in [5.74, 6) is 1.15. The Bertz CT molecular complexity index is 1070. The van der Waals surface area contributed by atoms with Gasteiger partial charge in [-0.3, -0.25) is 0 Å². The molecule has 2 aliphatic carbocycles. The van der Waals surface area contributed by atoms with Crippen LogP contribution < -0.4 is 5.63 Å². The zero-order chi connectivity index (χ0) is 23.7. The topological polar surface area (TPSA) is 18.5 Å². The van der Waals surface area contributed by atoms with Crippen molar-refractivity contribution in [3.8, 4) is 11.5 Å². The van der Waals surface area contributed by atoms with E-state index in [9.17, 15) is 0 Å². The number of allylic oxidation sites excluding steroid dienone is 8. The van der Waals surface area contributed by atoms with Crippen LogP contribution in [-0.2, 0) is 28.7 Å². The van der Waals surface area contributed by atoms with E-state index in [1.165, 1.54) is 0 Å². The van der Waals surface area contributed by atoms with E-state index >= 15 is 0 Å². The van der Waals surface area contributed by atoms with Crippen molar-refractivity contribution < 1.29 is 26.8 Å². The molecule has 4 rings (SSSR count). The summed E-state index contributed by atoms with van der Waals surface area (Å²) >= 11 is 32.5. The second kappa shape index (κ2) is 10.3. The molecule has 172 valence electrons. The van der Waals surface area contributed by atoms with E-state index in [4.69, 9.17) is 75.2 Å². The van der Waals surface area contributed by atoms with Crippen LogP contribution in [0, 0.1) is 0 Å². The first-order chi connectivity index (χ1) is 15.6. The maximum atomic E-state index is 6.83. The number of hydrogen-bond acceptors (Lipinski definition) is 2. The third kappa shape index (κ3) is 6.07. The van der Waals surface area contributed by atoms with Crippen LogP contribution in [0.15, 0.2) is 91.5 Å². The molecule has 2 nitrogen and oxygen atoms in total. The molecule has 0 heterocycles. The van der Waals surface area contributed by atoms with Crippen LogP contribution in [0.4, 0.5) is 0 Å². The van der Waals surface area contributed by atoms with E-state index < -0.39 is 28.7 Å². The summed E-state index contributed by atoms with van der Waals surface area (Å²) in [5, 5.41) is 0. The Morgan fingerprint density at radius 2 is 1.06 bits per heavy atom. The van der Waals surface area contributed by atoms with Gasteiger partial charge >= 0.3 is 231 Å². The molecule has 0 radical (unpaired) electrons. The van der Waals surface area contributed by atoms with Crippen LogP contribution in [0.3, 0.4) is 0 Å². The third-order valence-corrected chi connectivity index (χ3v) is 15.1. The molecule has 0 atom stereocenters. The average Bonchev–Trinajstić information content (AvgIpc) is 3.47. The van der Waals surface area contributed by atoms with E-state index in [-0.39, 0.29) is 0 Å². The minimum atomic E-state index is -4.25. The van der Waals surface area contributed by atoms with Crippen LogP contribution in [0.5, 0.6) is 11.5 Å². The summed E-state index contributed by atoms with van der Waals surface area (Å²) in [6.45, 7) is 0.